The van der Waals surface area contributed by atoms with Crippen molar-refractivity contribution in [1.29, 1.82) is 0 Å². The minimum absolute atomic E-state index is 0.241. The minimum atomic E-state index is -4.52. The molecule has 0 amide bonds. The van der Waals surface area contributed by atoms with Crippen LogP contribution in [0.4, 0.5) is 24.9 Å². The van der Waals surface area contributed by atoms with Crippen molar-refractivity contribution in [2.45, 2.75) is 25.4 Å². The maximum Gasteiger partial charge on any atom is 0.433 e. The number of methoxy groups -OCH3 is 2. The summed E-state index contributed by atoms with van der Waals surface area (Å²) in [5.74, 6) is 0.771. The quantitative estimate of drug-likeness (QED) is 0.421. The van der Waals surface area contributed by atoms with Crippen LogP contribution >= 0.6 is 15.9 Å². The average Bonchev–Trinajstić information content (AvgIpc) is 2.74. The fourth-order valence-electron chi connectivity index (χ4n) is 2.86. The highest BCUT2D eigenvalue weighted by atomic mass is 79.9. The Morgan fingerprint density at radius 3 is 2.48 bits per heavy atom. The Labute approximate surface area is 185 Å². The van der Waals surface area contributed by atoms with Crippen molar-refractivity contribution in [2.24, 2.45) is 0 Å². The summed E-state index contributed by atoms with van der Waals surface area (Å²) < 4.78 is 50.2. The van der Waals surface area contributed by atoms with Gasteiger partial charge in [0.05, 0.1) is 23.8 Å². The average molecular weight is 500 g/mol. The summed E-state index contributed by atoms with van der Waals surface area (Å²) >= 11 is 3.43. The molecule has 0 aliphatic rings. The maximum atomic E-state index is 13.0. The number of halogens is 4. The van der Waals surface area contributed by atoms with E-state index in [9.17, 15) is 13.2 Å². The highest BCUT2D eigenvalue weighted by molar-refractivity contribution is 9.10. The lowest BCUT2D eigenvalue weighted by Crippen LogP contribution is -2.24. The molecule has 0 saturated heterocycles. The number of hydrogen-bond donors (Lipinski definition) is 2. The summed E-state index contributed by atoms with van der Waals surface area (Å²) in [5.41, 5.74) is -0.0508. The molecule has 1 aromatic carbocycles. The molecule has 2 aromatic heterocycles. The van der Waals surface area contributed by atoms with Gasteiger partial charge in [-0.1, -0.05) is 22.0 Å². The highest BCUT2D eigenvalue weighted by Crippen LogP contribution is 2.30. The molecule has 7 nitrogen and oxygen atoms in total. The van der Waals surface area contributed by atoms with Gasteiger partial charge in [-0.25, -0.2) is 9.97 Å². The van der Waals surface area contributed by atoms with Crippen molar-refractivity contribution < 1.29 is 22.6 Å². The van der Waals surface area contributed by atoms with Gasteiger partial charge < -0.3 is 20.1 Å². The van der Waals surface area contributed by atoms with Crippen LogP contribution in [-0.4, -0.2) is 42.0 Å². The number of fused-ring (bicyclic) bond motifs is 1. The van der Waals surface area contributed by atoms with E-state index < -0.39 is 24.2 Å². The molecule has 0 bridgehead atoms. The van der Waals surface area contributed by atoms with E-state index in [1.807, 2.05) is 18.2 Å². The van der Waals surface area contributed by atoms with Crippen molar-refractivity contribution in [2.75, 3.05) is 31.4 Å². The molecule has 0 fully saturated rings. The fraction of sp³-hybridized carbons (Fsp3) is 0.350. The van der Waals surface area contributed by atoms with Crippen molar-refractivity contribution in [3.63, 3.8) is 0 Å². The molecule has 3 rings (SSSR count). The van der Waals surface area contributed by atoms with Gasteiger partial charge in [-0.15, -0.1) is 0 Å². The number of nitrogens with one attached hydrogen (secondary N) is 2. The molecule has 2 heterocycles. The maximum absolute atomic E-state index is 13.0. The van der Waals surface area contributed by atoms with E-state index in [1.54, 1.807) is 6.92 Å². The Morgan fingerprint density at radius 2 is 1.81 bits per heavy atom. The van der Waals surface area contributed by atoms with Crippen molar-refractivity contribution in [3.05, 3.63) is 52.3 Å². The minimum Gasteiger partial charge on any atom is -0.361 e. The Kier molecular flexibility index (Phi) is 7.29. The van der Waals surface area contributed by atoms with E-state index in [4.69, 9.17) is 9.47 Å². The lowest BCUT2D eigenvalue weighted by Gasteiger charge is -2.19. The predicted molar refractivity (Wildman–Crippen MR) is 115 cm³/mol. The normalized spacial score (nSPS) is 12.9. The van der Waals surface area contributed by atoms with E-state index in [1.165, 1.54) is 26.4 Å². The molecule has 0 saturated carbocycles. The van der Waals surface area contributed by atoms with Crippen LogP contribution in [-0.2, 0) is 15.7 Å². The second kappa shape index (κ2) is 9.75. The van der Waals surface area contributed by atoms with Gasteiger partial charge in [-0.3, -0.25) is 0 Å². The summed E-state index contributed by atoms with van der Waals surface area (Å²) in [6.45, 7) is 2.02. The third-order valence-electron chi connectivity index (χ3n) is 4.47. The van der Waals surface area contributed by atoms with Gasteiger partial charge in [0.1, 0.15) is 11.5 Å². The van der Waals surface area contributed by atoms with Crippen LogP contribution in [0.15, 0.2) is 40.9 Å². The molecule has 0 spiro atoms. The molecular formula is C20H21BrF3N5O2. The van der Waals surface area contributed by atoms with Crippen LogP contribution in [0.5, 0.6) is 0 Å². The lowest BCUT2D eigenvalue weighted by atomic mass is 10.1. The largest absolute Gasteiger partial charge is 0.433 e. The number of aromatic nitrogens is 3. The molecule has 11 heteroatoms. The SMILES string of the molecule is COC(CNc1nc(N[C@H](C)c2cccc(C(F)(F)F)n2)c2cc(Br)ccc2n1)OC. The number of ether oxygens (including phenoxy) is 2. The fourth-order valence-corrected chi connectivity index (χ4v) is 3.22. The molecule has 0 unspecified atom stereocenters. The molecule has 2 N–H and O–H groups in total. The zero-order valence-corrected chi connectivity index (χ0v) is 18.6. The second-order valence-corrected chi connectivity index (χ2v) is 7.57. The predicted octanol–water partition coefficient (Wildman–Crippen LogP) is 5.01. The summed E-state index contributed by atoms with van der Waals surface area (Å²) in [4.78, 5) is 12.7. The molecule has 0 aliphatic carbocycles. The Balaban J connectivity index is 1.93. The first-order chi connectivity index (χ1) is 14.7. The van der Waals surface area contributed by atoms with Gasteiger partial charge in [0.25, 0.3) is 0 Å². The Bertz CT molecular complexity index is 1050. The summed E-state index contributed by atoms with van der Waals surface area (Å²) in [5, 5.41) is 6.91. The molecular weight excluding hydrogens is 479 g/mol. The van der Waals surface area contributed by atoms with E-state index in [-0.39, 0.29) is 5.69 Å². The number of hydrogen-bond acceptors (Lipinski definition) is 7. The summed E-state index contributed by atoms with van der Waals surface area (Å²) in [7, 11) is 3.04. The standard InChI is InChI=1S/C20H21BrF3N5O2/c1-11(14-5-4-6-16(27-14)20(22,23)24)26-18-13-9-12(21)7-8-15(13)28-19(29-18)25-10-17(30-2)31-3/h4-9,11,17H,10H2,1-3H3,(H2,25,26,28,29)/t11-/m1/s1. The molecule has 31 heavy (non-hydrogen) atoms. The van der Waals surface area contributed by atoms with E-state index in [0.29, 0.717) is 29.2 Å². The van der Waals surface area contributed by atoms with Crippen LogP contribution in [0.3, 0.4) is 0 Å². The second-order valence-electron chi connectivity index (χ2n) is 6.65. The summed E-state index contributed by atoms with van der Waals surface area (Å²) in [6, 6.07) is 8.76. The molecule has 0 aliphatic heterocycles. The monoisotopic (exact) mass is 499 g/mol. The van der Waals surface area contributed by atoms with Gasteiger partial charge in [0.15, 0.2) is 6.29 Å². The third-order valence-corrected chi connectivity index (χ3v) is 4.96. The van der Waals surface area contributed by atoms with Crippen molar-refractivity contribution in [1.82, 2.24) is 15.0 Å². The number of nitrogens with zero attached hydrogens (tertiary/aromatic N) is 3. The van der Waals surface area contributed by atoms with Crippen LogP contribution in [0, 0.1) is 0 Å². The van der Waals surface area contributed by atoms with E-state index >= 15 is 0 Å². The first kappa shape index (κ1) is 23.2. The van der Waals surface area contributed by atoms with Crippen LogP contribution in [0.25, 0.3) is 10.9 Å². The number of benzene rings is 1. The Hall–Kier alpha value is -2.50. The summed E-state index contributed by atoms with van der Waals surface area (Å²) in [6.07, 6.45) is -5.01. The molecule has 3 aromatic rings. The smallest absolute Gasteiger partial charge is 0.361 e. The van der Waals surface area contributed by atoms with Crippen molar-refractivity contribution in [3.8, 4) is 0 Å². The molecule has 166 valence electrons. The van der Waals surface area contributed by atoms with Crippen molar-refractivity contribution >= 4 is 38.6 Å². The van der Waals surface area contributed by atoms with Gasteiger partial charge in [0, 0.05) is 24.1 Å². The van der Waals surface area contributed by atoms with E-state index in [2.05, 4.69) is 41.5 Å². The first-order valence-electron chi connectivity index (χ1n) is 9.28. The van der Waals surface area contributed by atoms with E-state index in [0.717, 1.165) is 10.5 Å². The van der Waals surface area contributed by atoms with Crippen LogP contribution in [0.2, 0.25) is 0 Å². The van der Waals surface area contributed by atoms with Gasteiger partial charge in [0.2, 0.25) is 5.95 Å². The number of pyridine rings is 1. The zero-order valence-electron chi connectivity index (χ0n) is 17.0. The number of anilines is 2. The Morgan fingerprint density at radius 1 is 1.06 bits per heavy atom. The van der Waals surface area contributed by atoms with Gasteiger partial charge in [-0.05, 0) is 37.3 Å². The lowest BCUT2D eigenvalue weighted by molar-refractivity contribution is -0.141. The number of alkyl halides is 3. The molecule has 0 radical (unpaired) electrons. The first-order valence-corrected chi connectivity index (χ1v) is 10.1. The topological polar surface area (TPSA) is 81.2 Å². The zero-order chi connectivity index (χ0) is 22.6. The third kappa shape index (κ3) is 5.81. The highest BCUT2D eigenvalue weighted by Gasteiger charge is 2.32. The number of rotatable bonds is 8. The molecule has 1 atom stereocenters. The van der Waals surface area contributed by atoms with Crippen LogP contribution < -0.4 is 10.6 Å². The van der Waals surface area contributed by atoms with Gasteiger partial charge >= 0.3 is 6.18 Å². The van der Waals surface area contributed by atoms with Crippen LogP contribution in [0.1, 0.15) is 24.4 Å². The van der Waals surface area contributed by atoms with Gasteiger partial charge in [-0.2, -0.15) is 18.2 Å².